The summed E-state index contributed by atoms with van der Waals surface area (Å²) in [5, 5.41) is 1.21. The van der Waals surface area contributed by atoms with Gasteiger partial charge in [0.25, 0.3) is 0 Å². The maximum atomic E-state index is 4.37. The van der Waals surface area contributed by atoms with E-state index in [2.05, 4.69) is 23.0 Å². The van der Waals surface area contributed by atoms with E-state index >= 15 is 0 Å². The predicted octanol–water partition coefficient (Wildman–Crippen LogP) is 3.16. The average molecular weight is 204 g/mol. The molecule has 0 N–H and O–H groups in total. The zero-order chi connectivity index (χ0) is 9.80. The number of hydrogen-bond acceptors (Lipinski definition) is 3. The van der Waals surface area contributed by atoms with Gasteiger partial charge in [0.1, 0.15) is 0 Å². The number of hydrogen-bond donors (Lipinski definition) is 0. The lowest BCUT2D eigenvalue weighted by Crippen LogP contribution is -1.76. The molecule has 3 heteroatoms. The summed E-state index contributed by atoms with van der Waals surface area (Å²) in [7, 11) is 0. The summed E-state index contributed by atoms with van der Waals surface area (Å²) < 4.78 is 0. The molecule has 2 aromatic rings. The van der Waals surface area contributed by atoms with E-state index < -0.39 is 0 Å². The van der Waals surface area contributed by atoms with Crippen LogP contribution in [0.2, 0.25) is 0 Å². The number of nitrogens with zero attached hydrogens (tertiary/aromatic N) is 2. The first kappa shape index (κ1) is 9.34. The van der Waals surface area contributed by atoms with Gasteiger partial charge in [0.2, 0.25) is 0 Å². The quantitative estimate of drug-likeness (QED) is 0.767. The number of rotatable bonds is 3. The average Bonchev–Trinajstić information content (AvgIpc) is 2.68. The molecule has 0 radical (unpaired) electrons. The number of aromatic nitrogens is 2. The minimum absolute atomic E-state index is 1.07. The first-order valence-electron chi connectivity index (χ1n) is 4.75. The van der Waals surface area contributed by atoms with Gasteiger partial charge in [0.15, 0.2) is 0 Å². The van der Waals surface area contributed by atoms with Crippen LogP contribution in [-0.2, 0) is 6.42 Å². The Kier molecular flexibility index (Phi) is 2.89. The molecule has 0 aromatic carbocycles. The van der Waals surface area contributed by atoms with Crippen molar-refractivity contribution in [3.63, 3.8) is 0 Å². The summed E-state index contributed by atoms with van der Waals surface area (Å²) >= 11 is 1.76. The highest BCUT2D eigenvalue weighted by Crippen LogP contribution is 2.25. The van der Waals surface area contributed by atoms with Crippen molar-refractivity contribution in [1.29, 1.82) is 0 Å². The predicted molar refractivity (Wildman–Crippen MR) is 59.3 cm³/mol. The highest BCUT2D eigenvalue weighted by molar-refractivity contribution is 7.15. The zero-order valence-corrected chi connectivity index (χ0v) is 8.92. The highest BCUT2D eigenvalue weighted by atomic mass is 32.1. The number of pyridine rings is 1. The van der Waals surface area contributed by atoms with Gasteiger partial charge in [-0.25, -0.2) is 4.98 Å². The van der Waals surface area contributed by atoms with E-state index in [1.807, 2.05) is 18.5 Å². The Labute approximate surface area is 87.7 Å². The lowest BCUT2D eigenvalue weighted by atomic mass is 10.3. The second-order valence-corrected chi connectivity index (χ2v) is 4.23. The van der Waals surface area contributed by atoms with Gasteiger partial charge in [0.05, 0.1) is 9.88 Å². The summed E-state index contributed by atoms with van der Waals surface area (Å²) in [6, 6.07) is 4.02. The Morgan fingerprint density at radius 2 is 2.29 bits per heavy atom. The van der Waals surface area contributed by atoms with Gasteiger partial charge < -0.3 is 0 Å². The summed E-state index contributed by atoms with van der Waals surface area (Å²) in [4.78, 5) is 9.68. The van der Waals surface area contributed by atoms with E-state index in [1.165, 1.54) is 9.88 Å². The Bertz CT molecular complexity index is 395. The van der Waals surface area contributed by atoms with E-state index in [4.69, 9.17) is 0 Å². The van der Waals surface area contributed by atoms with Gasteiger partial charge in [-0.1, -0.05) is 13.0 Å². The molecule has 14 heavy (non-hydrogen) atoms. The molecule has 2 nitrogen and oxygen atoms in total. The smallest absolute Gasteiger partial charge is 0.0931 e. The third-order valence-electron chi connectivity index (χ3n) is 1.96. The molecule has 0 amide bonds. The molecule has 0 aliphatic rings. The van der Waals surface area contributed by atoms with E-state index in [9.17, 15) is 0 Å². The molecular weight excluding hydrogens is 192 g/mol. The van der Waals surface area contributed by atoms with Crippen molar-refractivity contribution in [3.05, 3.63) is 35.7 Å². The standard InChI is InChI=1S/C11H12N2S/c1-2-4-11-13-8-10(14-11)9-5-3-6-12-7-9/h3,5-8H,2,4H2,1H3. The third-order valence-corrected chi connectivity index (χ3v) is 3.07. The van der Waals surface area contributed by atoms with Crippen molar-refractivity contribution in [2.75, 3.05) is 0 Å². The van der Waals surface area contributed by atoms with E-state index in [0.717, 1.165) is 18.4 Å². The Hall–Kier alpha value is -1.22. The van der Waals surface area contributed by atoms with Crippen molar-refractivity contribution >= 4 is 11.3 Å². The van der Waals surface area contributed by atoms with Crippen LogP contribution < -0.4 is 0 Å². The topological polar surface area (TPSA) is 25.8 Å². The van der Waals surface area contributed by atoms with Crippen molar-refractivity contribution in [2.45, 2.75) is 19.8 Å². The van der Waals surface area contributed by atoms with Crippen LogP contribution in [-0.4, -0.2) is 9.97 Å². The van der Waals surface area contributed by atoms with Crippen LogP contribution in [0, 0.1) is 0 Å². The van der Waals surface area contributed by atoms with Crippen LogP contribution in [0.1, 0.15) is 18.4 Å². The van der Waals surface area contributed by atoms with Gasteiger partial charge in [-0.05, 0) is 18.9 Å². The Morgan fingerprint density at radius 3 is 3.00 bits per heavy atom. The molecule has 0 saturated carbocycles. The van der Waals surface area contributed by atoms with Crippen molar-refractivity contribution < 1.29 is 0 Å². The first-order chi connectivity index (χ1) is 6.90. The highest BCUT2D eigenvalue weighted by Gasteiger charge is 2.02. The molecule has 72 valence electrons. The van der Waals surface area contributed by atoms with Gasteiger partial charge in [-0.3, -0.25) is 4.98 Å². The molecule has 0 saturated heterocycles. The maximum absolute atomic E-state index is 4.37. The van der Waals surface area contributed by atoms with Gasteiger partial charge in [-0.15, -0.1) is 11.3 Å². The van der Waals surface area contributed by atoms with Crippen LogP contribution in [0.4, 0.5) is 0 Å². The largest absolute Gasteiger partial charge is 0.264 e. The van der Waals surface area contributed by atoms with Crippen LogP contribution in [0.15, 0.2) is 30.7 Å². The summed E-state index contributed by atoms with van der Waals surface area (Å²) in [5.74, 6) is 0. The van der Waals surface area contributed by atoms with Crippen LogP contribution in [0.3, 0.4) is 0 Å². The SMILES string of the molecule is CCCc1ncc(-c2cccnc2)s1. The molecule has 0 fully saturated rings. The molecule has 0 aliphatic heterocycles. The van der Waals surface area contributed by atoms with E-state index in [0.29, 0.717) is 0 Å². The minimum atomic E-state index is 1.07. The minimum Gasteiger partial charge on any atom is -0.264 e. The number of aryl methyl sites for hydroxylation is 1. The lowest BCUT2D eigenvalue weighted by molar-refractivity contribution is 0.909. The third kappa shape index (κ3) is 1.99. The Morgan fingerprint density at radius 1 is 1.36 bits per heavy atom. The fourth-order valence-corrected chi connectivity index (χ4v) is 2.29. The van der Waals surface area contributed by atoms with Crippen LogP contribution >= 0.6 is 11.3 Å². The molecule has 2 aromatic heterocycles. The first-order valence-corrected chi connectivity index (χ1v) is 5.57. The summed E-state index contributed by atoms with van der Waals surface area (Å²) in [6.07, 6.45) is 7.83. The summed E-state index contributed by atoms with van der Waals surface area (Å²) in [5.41, 5.74) is 1.16. The van der Waals surface area contributed by atoms with Crippen LogP contribution in [0.5, 0.6) is 0 Å². The van der Waals surface area contributed by atoms with E-state index in [-0.39, 0.29) is 0 Å². The number of thiazole rings is 1. The van der Waals surface area contributed by atoms with Crippen molar-refractivity contribution in [3.8, 4) is 10.4 Å². The second-order valence-electron chi connectivity index (χ2n) is 3.11. The molecule has 2 heterocycles. The monoisotopic (exact) mass is 204 g/mol. The molecule has 0 aliphatic carbocycles. The molecule has 0 atom stereocenters. The fourth-order valence-electron chi connectivity index (χ4n) is 1.28. The fraction of sp³-hybridized carbons (Fsp3) is 0.273. The molecule has 0 bridgehead atoms. The van der Waals surface area contributed by atoms with Crippen molar-refractivity contribution in [1.82, 2.24) is 9.97 Å². The molecule has 0 spiro atoms. The maximum Gasteiger partial charge on any atom is 0.0931 e. The second kappa shape index (κ2) is 4.33. The van der Waals surface area contributed by atoms with Gasteiger partial charge in [-0.2, -0.15) is 0 Å². The lowest BCUT2D eigenvalue weighted by Gasteiger charge is -1.92. The molecule has 0 unspecified atom stereocenters. The van der Waals surface area contributed by atoms with Crippen molar-refractivity contribution in [2.24, 2.45) is 0 Å². The normalized spacial score (nSPS) is 10.4. The van der Waals surface area contributed by atoms with Gasteiger partial charge in [0, 0.05) is 24.2 Å². The van der Waals surface area contributed by atoms with Gasteiger partial charge >= 0.3 is 0 Å². The molecular formula is C11H12N2S. The van der Waals surface area contributed by atoms with Crippen LogP contribution in [0.25, 0.3) is 10.4 Å². The zero-order valence-electron chi connectivity index (χ0n) is 8.10. The molecule has 2 rings (SSSR count). The summed E-state index contributed by atoms with van der Waals surface area (Å²) in [6.45, 7) is 2.17. The van der Waals surface area contributed by atoms with E-state index in [1.54, 1.807) is 17.5 Å². The Balaban J connectivity index is 2.25.